The summed E-state index contributed by atoms with van der Waals surface area (Å²) in [6.45, 7) is 4.14. The molecule has 0 bridgehead atoms. The Morgan fingerprint density at radius 3 is 2.64 bits per heavy atom. The first-order valence-electron chi connectivity index (χ1n) is 7.51. The van der Waals surface area contributed by atoms with Crippen molar-refractivity contribution in [2.45, 2.75) is 38.3 Å². The van der Waals surface area contributed by atoms with Crippen molar-refractivity contribution < 1.29 is 35.6 Å². The van der Waals surface area contributed by atoms with Gasteiger partial charge in [0.1, 0.15) is 28.5 Å². The molecule has 1 aromatic rings. The number of hydrogen-bond donors (Lipinski definition) is 0. The summed E-state index contributed by atoms with van der Waals surface area (Å²) in [7, 11) is -4.49. The smallest absolute Gasteiger partial charge is 0.426 e. The van der Waals surface area contributed by atoms with Crippen LogP contribution in [0.2, 0.25) is 0 Å². The highest BCUT2D eigenvalue weighted by Crippen LogP contribution is 2.48. The number of rotatable bonds is 0. The van der Waals surface area contributed by atoms with E-state index in [0.29, 0.717) is 10.4 Å². The summed E-state index contributed by atoms with van der Waals surface area (Å²) in [5.74, 6) is -2.07. The zero-order valence-corrected chi connectivity index (χ0v) is 14.7. The highest BCUT2D eigenvalue weighted by Gasteiger charge is 2.59. The fourth-order valence-electron chi connectivity index (χ4n) is 2.98. The lowest BCUT2D eigenvalue weighted by Crippen LogP contribution is -2.52. The molecule has 7 nitrogen and oxygen atoms in total. The van der Waals surface area contributed by atoms with Gasteiger partial charge < -0.3 is 9.47 Å². The molecule has 0 unspecified atom stereocenters. The number of halogens is 2. The van der Waals surface area contributed by atoms with Crippen LogP contribution in [0.4, 0.5) is 13.6 Å². The number of hydrogen-bond acceptors (Lipinski definition) is 6. The number of nitrogens with zero attached hydrogens (tertiary/aromatic N) is 1. The average molecular weight is 377 g/mol. The number of carbonyl (C=O) groups is 1. The topological polar surface area (TPSA) is 82.1 Å². The molecular formula is C15H17F2NO6S. The van der Waals surface area contributed by atoms with Crippen molar-refractivity contribution >= 4 is 16.4 Å². The second-order valence-electron chi connectivity index (χ2n) is 6.86. The van der Waals surface area contributed by atoms with Crippen molar-refractivity contribution in [2.24, 2.45) is 0 Å². The van der Waals surface area contributed by atoms with E-state index in [1.807, 2.05) is 0 Å². The van der Waals surface area contributed by atoms with E-state index in [4.69, 9.17) is 13.7 Å². The largest absolute Gasteiger partial charge is 0.493 e. The maximum Gasteiger partial charge on any atom is 0.426 e. The van der Waals surface area contributed by atoms with Gasteiger partial charge in [-0.05, 0) is 20.8 Å². The molecule has 2 heterocycles. The van der Waals surface area contributed by atoms with Crippen LogP contribution in [0.1, 0.15) is 32.8 Å². The van der Waals surface area contributed by atoms with Crippen LogP contribution in [-0.4, -0.2) is 37.6 Å². The molecule has 0 aromatic heterocycles. The fourth-order valence-corrected chi connectivity index (χ4v) is 4.32. The van der Waals surface area contributed by atoms with Gasteiger partial charge in [0.25, 0.3) is 0 Å². The van der Waals surface area contributed by atoms with E-state index < -0.39 is 45.8 Å². The third kappa shape index (κ3) is 2.93. The molecule has 10 heteroatoms. The molecular weight excluding hydrogens is 360 g/mol. The minimum Gasteiger partial charge on any atom is -0.493 e. The van der Waals surface area contributed by atoms with Gasteiger partial charge >= 0.3 is 16.4 Å². The summed E-state index contributed by atoms with van der Waals surface area (Å²) in [6, 6.07) is 1.55. The minimum atomic E-state index is -4.49. The minimum absolute atomic E-state index is 0.0475. The van der Waals surface area contributed by atoms with Crippen molar-refractivity contribution in [1.82, 2.24) is 4.31 Å². The molecule has 138 valence electrons. The monoisotopic (exact) mass is 377 g/mol. The Kier molecular flexibility index (Phi) is 3.95. The molecule has 2 aliphatic heterocycles. The van der Waals surface area contributed by atoms with Crippen molar-refractivity contribution in [3.05, 3.63) is 29.3 Å². The molecule has 0 saturated carbocycles. The lowest BCUT2D eigenvalue weighted by atomic mass is 9.84. The first kappa shape index (κ1) is 17.9. The normalized spacial score (nSPS) is 24.8. The predicted octanol–water partition coefficient (Wildman–Crippen LogP) is 2.45. The second kappa shape index (κ2) is 5.53. The third-order valence-electron chi connectivity index (χ3n) is 3.88. The Labute approximate surface area is 143 Å². The molecule has 1 amide bonds. The highest BCUT2D eigenvalue weighted by molar-refractivity contribution is 7.85. The summed E-state index contributed by atoms with van der Waals surface area (Å²) in [5.41, 5.74) is -2.91. The highest BCUT2D eigenvalue weighted by atomic mass is 32.2. The Morgan fingerprint density at radius 2 is 2.00 bits per heavy atom. The van der Waals surface area contributed by atoms with Crippen molar-refractivity contribution in [3.8, 4) is 5.75 Å². The zero-order chi connectivity index (χ0) is 18.6. The zero-order valence-electron chi connectivity index (χ0n) is 13.8. The molecule has 0 aliphatic carbocycles. The quantitative estimate of drug-likeness (QED) is 0.691. The van der Waals surface area contributed by atoms with E-state index in [1.165, 1.54) is 0 Å². The lowest BCUT2D eigenvalue weighted by Gasteiger charge is -2.39. The number of ether oxygens (including phenoxy) is 2. The van der Waals surface area contributed by atoms with Gasteiger partial charge in [-0.2, -0.15) is 12.7 Å². The van der Waals surface area contributed by atoms with Crippen LogP contribution < -0.4 is 4.74 Å². The second-order valence-corrected chi connectivity index (χ2v) is 8.31. The van der Waals surface area contributed by atoms with E-state index in [-0.39, 0.29) is 24.3 Å². The van der Waals surface area contributed by atoms with Crippen LogP contribution in [0.15, 0.2) is 12.1 Å². The van der Waals surface area contributed by atoms with Gasteiger partial charge in [0.05, 0.1) is 18.8 Å². The maximum absolute atomic E-state index is 14.5. The molecule has 2 aliphatic rings. The van der Waals surface area contributed by atoms with E-state index in [0.717, 1.165) is 6.07 Å². The van der Waals surface area contributed by atoms with Crippen LogP contribution in [0, 0.1) is 11.6 Å². The third-order valence-corrected chi connectivity index (χ3v) is 5.24. The molecule has 1 atom stereocenters. The molecule has 1 fully saturated rings. The fraction of sp³-hybridized carbons (Fsp3) is 0.533. The number of benzene rings is 1. The van der Waals surface area contributed by atoms with Gasteiger partial charge in [-0.1, -0.05) is 0 Å². The van der Waals surface area contributed by atoms with Gasteiger partial charge in [-0.25, -0.2) is 13.6 Å². The van der Waals surface area contributed by atoms with Crippen LogP contribution in [0.5, 0.6) is 5.75 Å². The molecule has 0 radical (unpaired) electrons. The van der Waals surface area contributed by atoms with Crippen molar-refractivity contribution in [1.29, 1.82) is 0 Å². The summed E-state index contributed by atoms with van der Waals surface area (Å²) >= 11 is 0. The van der Waals surface area contributed by atoms with Crippen LogP contribution in [-0.2, 0) is 24.8 Å². The van der Waals surface area contributed by atoms with Gasteiger partial charge in [0.2, 0.25) is 0 Å². The van der Waals surface area contributed by atoms with E-state index in [1.54, 1.807) is 20.8 Å². The van der Waals surface area contributed by atoms with Crippen molar-refractivity contribution in [3.63, 3.8) is 0 Å². The van der Waals surface area contributed by atoms with Crippen LogP contribution in [0.25, 0.3) is 0 Å². The Balaban J connectivity index is 2.17. The Bertz CT molecular complexity index is 835. The first-order valence-corrected chi connectivity index (χ1v) is 8.88. The average Bonchev–Trinajstić information content (AvgIpc) is 2.68. The molecule has 1 saturated heterocycles. The number of amides is 1. The van der Waals surface area contributed by atoms with E-state index in [2.05, 4.69) is 0 Å². The van der Waals surface area contributed by atoms with Gasteiger partial charge in [-0.3, -0.25) is 4.18 Å². The van der Waals surface area contributed by atoms with Crippen molar-refractivity contribution in [2.75, 3.05) is 13.2 Å². The molecule has 25 heavy (non-hydrogen) atoms. The first-order chi connectivity index (χ1) is 11.5. The van der Waals surface area contributed by atoms with E-state index >= 15 is 0 Å². The number of carbonyl (C=O) groups excluding carboxylic acids is 1. The maximum atomic E-state index is 14.5. The predicted molar refractivity (Wildman–Crippen MR) is 81.1 cm³/mol. The Hall–Kier alpha value is -1.94. The number of fused-ring (bicyclic) bond motifs is 2. The summed E-state index contributed by atoms with van der Waals surface area (Å²) in [5, 5.41) is 0. The van der Waals surface area contributed by atoms with Crippen LogP contribution >= 0.6 is 0 Å². The standard InChI is InChI=1S/C15H17F2NO6S/c1-14(2,3)24-13(19)18-15(8-23-25(18,20)21)4-5-22-11-7-9(16)6-10(17)12(11)15/h6-7H,4-5,8H2,1-3H3/t15-/m0/s1. The molecule has 1 spiro atoms. The molecule has 1 aromatic carbocycles. The SMILES string of the molecule is CC(C)(C)OC(=O)N1[C@@]2(CCOc3cc(F)cc(F)c32)COS1(=O)=O. The van der Waals surface area contributed by atoms with Gasteiger partial charge in [0.15, 0.2) is 0 Å². The summed E-state index contributed by atoms with van der Waals surface area (Å²) in [4.78, 5) is 12.5. The Morgan fingerprint density at radius 1 is 1.32 bits per heavy atom. The van der Waals surface area contributed by atoms with Crippen LogP contribution in [0.3, 0.4) is 0 Å². The molecule has 3 rings (SSSR count). The van der Waals surface area contributed by atoms with Gasteiger partial charge in [-0.15, -0.1) is 0 Å². The van der Waals surface area contributed by atoms with E-state index in [9.17, 15) is 22.0 Å². The summed E-state index contributed by atoms with van der Waals surface area (Å²) < 4.78 is 68.2. The van der Waals surface area contributed by atoms with Gasteiger partial charge in [0, 0.05) is 18.6 Å². The lowest BCUT2D eigenvalue weighted by molar-refractivity contribution is 0.0165. The molecule has 0 N–H and O–H groups in total. The summed E-state index contributed by atoms with van der Waals surface area (Å²) in [6.07, 6.45) is -1.25.